The van der Waals surface area contributed by atoms with Gasteiger partial charge in [-0.2, -0.15) is 0 Å². The Bertz CT molecular complexity index is 319. The van der Waals surface area contributed by atoms with Crippen LogP contribution in [0.4, 0.5) is 4.39 Å². The molecule has 0 radical (unpaired) electrons. The molecule has 0 spiro atoms. The molecular weight excluding hydrogens is 331 g/mol. The van der Waals surface area contributed by atoms with E-state index in [2.05, 4.69) is 24.5 Å². The number of carbonyl (C=O) groups is 1. The number of carbonyl (C=O) groups excluding carboxylic acids is 1. The van der Waals surface area contributed by atoms with Crippen LogP contribution in [0.25, 0.3) is 0 Å². The van der Waals surface area contributed by atoms with E-state index in [0.717, 1.165) is 6.54 Å². The van der Waals surface area contributed by atoms with Gasteiger partial charge >= 0.3 is 0 Å². The molecule has 2 N–H and O–H groups in total. The number of ether oxygens (including phenoxy) is 4. The summed E-state index contributed by atoms with van der Waals surface area (Å²) in [5, 5.41) is 5.57. The average Bonchev–Trinajstić information content (AvgIpc) is 2.56. The van der Waals surface area contributed by atoms with E-state index in [0.29, 0.717) is 52.1 Å². The van der Waals surface area contributed by atoms with E-state index < -0.39 is 11.8 Å². The summed E-state index contributed by atoms with van der Waals surface area (Å²) >= 11 is 0. The molecule has 0 aromatic rings. The molecule has 0 fully saturated rings. The molecule has 0 rings (SSSR count). The number of alkyl halides is 1. The molecule has 0 aliphatic carbocycles. The zero-order chi connectivity index (χ0) is 19.0. The molecule has 1 unspecified atom stereocenters. The molecular formula is C17H35FN2O5. The summed E-state index contributed by atoms with van der Waals surface area (Å²) in [5.41, 5.74) is -0.975. The maximum atomic E-state index is 13.8. The van der Waals surface area contributed by atoms with Crippen LogP contribution in [0.1, 0.15) is 27.7 Å². The second-order valence-corrected chi connectivity index (χ2v) is 6.39. The molecule has 25 heavy (non-hydrogen) atoms. The Balaban J connectivity index is 3.37. The smallest absolute Gasteiger partial charge is 0.207 e. The summed E-state index contributed by atoms with van der Waals surface area (Å²) in [5.74, 6) is 0. The highest BCUT2D eigenvalue weighted by molar-refractivity contribution is 5.45. The number of amides is 1. The van der Waals surface area contributed by atoms with Gasteiger partial charge in [0.25, 0.3) is 0 Å². The predicted octanol–water partition coefficient (Wildman–Crippen LogP) is 0.914. The van der Waals surface area contributed by atoms with Gasteiger partial charge in [0, 0.05) is 12.6 Å². The first-order valence-electron chi connectivity index (χ1n) is 8.81. The standard InChI is InChI=1S/C17H35FN2O5/c1-15(2)20-5-6-22-7-8-23-9-10-24-11-12-25-17(3,4)16(18)13-19-14-21/h14-16,20H,5-13H2,1-4H3,(H,19,21). The third kappa shape index (κ3) is 15.2. The van der Waals surface area contributed by atoms with E-state index in [1.165, 1.54) is 0 Å². The fourth-order valence-electron chi connectivity index (χ4n) is 1.81. The van der Waals surface area contributed by atoms with E-state index in [-0.39, 0.29) is 13.2 Å². The summed E-state index contributed by atoms with van der Waals surface area (Å²) in [6.45, 7) is 11.6. The van der Waals surface area contributed by atoms with Gasteiger partial charge in [-0.3, -0.25) is 4.79 Å². The van der Waals surface area contributed by atoms with Gasteiger partial charge in [-0.1, -0.05) is 13.8 Å². The Kier molecular flexibility index (Phi) is 15.0. The van der Waals surface area contributed by atoms with Crippen molar-refractivity contribution in [2.75, 3.05) is 59.3 Å². The molecule has 1 atom stereocenters. The van der Waals surface area contributed by atoms with Crippen LogP contribution in [0.2, 0.25) is 0 Å². The van der Waals surface area contributed by atoms with Crippen molar-refractivity contribution in [3.8, 4) is 0 Å². The van der Waals surface area contributed by atoms with Crippen molar-refractivity contribution in [2.45, 2.75) is 45.5 Å². The number of nitrogens with one attached hydrogen (secondary N) is 2. The molecule has 0 bridgehead atoms. The predicted molar refractivity (Wildman–Crippen MR) is 94.6 cm³/mol. The van der Waals surface area contributed by atoms with Crippen LogP contribution >= 0.6 is 0 Å². The third-order valence-electron chi connectivity index (χ3n) is 3.38. The first-order chi connectivity index (χ1) is 11.9. The zero-order valence-electron chi connectivity index (χ0n) is 16.0. The molecule has 8 heteroatoms. The molecule has 7 nitrogen and oxygen atoms in total. The highest BCUT2D eigenvalue weighted by Crippen LogP contribution is 2.17. The van der Waals surface area contributed by atoms with Crippen molar-refractivity contribution in [3.63, 3.8) is 0 Å². The van der Waals surface area contributed by atoms with Crippen LogP contribution in [-0.4, -0.2) is 83.6 Å². The molecule has 0 aromatic carbocycles. The normalized spacial score (nSPS) is 13.2. The van der Waals surface area contributed by atoms with Gasteiger partial charge in [0.05, 0.1) is 58.4 Å². The molecule has 0 aliphatic rings. The van der Waals surface area contributed by atoms with Gasteiger partial charge in [-0.15, -0.1) is 0 Å². The highest BCUT2D eigenvalue weighted by Gasteiger charge is 2.30. The third-order valence-corrected chi connectivity index (χ3v) is 3.38. The maximum absolute atomic E-state index is 13.8. The van der Waals surface area contributed by atoms with Crippen molar-refractivity contribution in [3.05, 3.63) is 0 Å². The highest BCUT2D eigenvalue weighted by atomic mass is 19.1. The van der Waals surface area contributed by atoms with Gasteiger partial charge in [0.15, 0.2) is 0 Å². The van der Waals surface area contributed by atoms with Gasteiger partial charge < -0.3 is 29.6 Å². The first kappa shape index (κ1) is 24.2. The largest absolute Gasteiger partial charge is 0.378 e. The fraction of sp³-hybridized carbons (Fsp3) is 0.941. The zero-order valence-corrected chi connectivity index (χ0v) is 16.0. The van der Waals surface area contributed by atoms with Crippen LogP contribution in [0.15, 0.2) is 0 Å². The number of rotatable bonds is 18. The van der Waals surface area contributed by atoms with Crippen LogP contribution in [-0.2, 0) is 23.7 Å². The molecule has 0 saturated heterocycles. The molecule has 0 aliphatic heterocycles. The first-order valence-corrected chi connectivity index (χ1v) is 8.81. The fourth-order valence-corrected chi connectivity index (χ4v) is 1.81. The quantitative estimate of drug-likeness (QED) is 0.277. The molecule has 150 valence electrons. The van der Waals surface area contributed by atoms with Crippen molar-refractivity contribution >= 4 is 6.41 Å². The minimum absolute atomic E-state index is 0.0686. The lowest BCUT2D eigenvalue weighted by atomic mass is 10.0. The Hall–Kier alpha value is -0.800. The van der Waals surface area contributed by atoms with E-state index in [9.17, 15) is 9.18 Å². The van der Waals surface area contributed by atoms with Crippen molar-refractivity contribution in [1.82, 2.24) is 10.6 Å². The van der Waals surface area contributed by atoms with Crippen LogP contribution in [0.5, 0.6) is 0 Å². The maximum Gasteiger partial charge on any atom is 0.207 e. The van der Waals surface area contributed by atoms with Gasteiger partial charge in [-0.05, 0) is 13.8 Å². The minimum atomic E-state index is -1.28. The van der Waals surface area contributed by atoms with Crippen molar-refractivity contribution in [2.24, 2.45) is 0 Å². The van der Waals surface area contributed by atoms with Crippen molar-refractivity contribution < 1.29 is 28.1 Å². The Morgan fingerprint density at radius 1 is 0.960 bits per heavy atom. The van der Waals surface area contributed by atoms with E-state index in [1.807, 2.05) is 0 Å². The molecule has 0 heterocycles. The second kappa shape index (κ2) is 15.5. The Morgan fingerprint density at radius 3 is 2.00 bits per heavy atom. The second-order valence-electron chi connectivity index (χ2n) is 6.39. The van der Waals surface area contributed by atoms with Gasteiger partial charge in [0.1, 0.15) is 6.17 Å². The lowest BCUT2D eigenvalue weighted by molar-refractivity contribution is -0.111. The van der Waals surface area contributed by atoms with Gasteiger partial charge in [-0.25, -0.2) is 4.39 Å². The summed E-state index contributed by atoms with van der Waals surface area (Å²) in [6.07, 6.45) is -0.809. The van der Waals surface area contributed by atoms with E-state index in [4.69, 9.17) is 18.9 Å². The van der Waals surface area contributed by atoms with Crippen LogP contribution in [0.3, 0.4) is 0 Å². The molecule has 1 amide bonds. The number of hydrogen-bond donors (Lipinski definition) is 2. The summed E-state index contributed by atoms with van der Waals surface area (Å²) in [4.78, 5) is 10.2. The summed E-state index contributed by atoms with van der Waals surface area (Å²) < 4.78 is 35.4. The van der Waals surface area contributed by atoms with Gasteiger partial charge in [0.2, 0.25) is 6.41 Å². The summed E-state index contributed by atoms with van der Waals surface area (Å²) in [7, 11) is 0. The lowest BCUT2D eigenvalue weighted by Crippen LogP contribution is -2.43. The van der Waals surface area contributed by atoms with Crippen molar-refractivity contribution in [1.29, 1.82) is 0 Å². The molecule has 0 saturated carbocycles. The monoisotopic (exact) mass is 366 g/mol. The average molecular weight is 366 g/mol. The van der Waals surface area contributed by atoms with Crippen LogP contribution in [0, 0.1) is 0 Å². The SMILES string of the molecule is CC(C)NCCOCCOCCOCCOC(C)(C)C(F)CNC=O. The lowest BCUT2D eigenvalue weighted by Gasteiger charge is -2.28. The Labute approximate surface area is 150 Å². The van der Waals surface area contributed by atoms with E-state index in [1.54, 1.807) is 13.8 Å². The molecule has 0 aromatic heterocycles. The van der Waals surface area contributed by atoms with E-state index >= 15 is 0 Å². The number of hydrogen-bond acceptors (Lipinski definition) is 6. The number of halogens is 1. The summed E-state index contributed by atoms with van der Waals surface area (Å²) in [6, 6.07) is 0.468. The van der Waals surface area contributed by atoms with Crippen LogP contribution < -0.4 is 10.6 Å². The Morgan fingerprint density at radius 2 is 1.48 bits per heavy atom. The topological polar surface area (TPSA) is 78.1 Å². The minimum Gasteiger partial charge on any atom is -0.378 e.